The van der Waals surface area contributed by atoms with Gasteiger partial charge >= 0.3 is 0 Å². The highest BCUT2D eigenvalue weighted by molar-refractivity contribution is 5.56. The summed E-state index contributed by atoms with van der Waals surface area (Å²) in [5.41, 5.74) is 7.58. The Bertz CT molecular complexity index is 1140. The van der Waals surface area contributed by atoms with Crippen LogP contribution in [0.2, 0.25) is 0 Å². The number of hydrogen-bond acceptors (Lipinski definition) is 3. The fourth-order valence-electron chi connectivity index (χ4n) is 6.79. The van der Waals surface area contributed by atoms with Crippen molar-refractivity contribution in [3.63, 3.8) is 0 Å². The molecule has 3 aromatic rings. The maximum Gasteiger partial charge on any atom is 0.119 e. The van der Waals surface area contributed by atoms with Crippen LogP contribution < -0.4 is 0 Å². The molecule has 190 valence electrons. The molecular weight excluding hydrogens is 444 g/mol. The third kappa shape index (κ3) is 4.98. The summed E-state index contributed by atoms with van der Waals surface area (Å²) >= 11 is 0. The van der Waals surface area contributed by atoms with Crippen molar-refractivity contribution in [1.29, 1.82) is 0 Å². The van der Waals surface area contributed by atoms with Crippen LogP contribution in [0.15, 0.2) is 48.5 Å². The van der Waals surface area contributed by atoms with E-state index in [0.29, 0.717) is 23.3 Å². The molecule has 3 aromatic carbocycles. The van der Waals surface area contributed by atoms with Crippen molar-refractivity contribution < 1.29 is 15.3 Å². The molecule has 36 heavy (non-hydrogen) atoms. The maximum atomic E-state index is 11.0. The molecule has 2 aliphatic rings. The summed E-state index contributed by atoms with van der Waals surface area (Å²) in [5, 5.41) is 32.4. The topological polar surface area (TPSA) is 60.7 Å². The van der Waals surface area contributed by atoms with Gasteiger partial charge in [0.25, 0.3) is 0 Å². The van der Waals surface area contributed by atoms with Gasteiger partial charge in [0, 0.05) is 5.92 Å². The van der Waals surface area contributed by atoms with Crippen LogP contribution in [-0.2, 0) is 0 Å². The lowest BCUT2D eigenvalue weighted by Gasteiger charge is -2.29. The Morgan fingerprint density at radius 1 is 0.611 bits per heavy atom. The van der Waals surface area contributed by atoms with Gasteiger partial charge in [-0.3, -0.25) is 0 Å². The fourth-order valence-corrected chi connectivity index (χ4v) is 6.79. The Hall–Kier alpha value is -2.94. The Kier molecular flexibility index (Phi) is 7.27. The number of hydrogen-bond donors (Lipinski definition) is 3. The minimum absolute atomic E-state index is 0.0945. The van der Waals surface area contributed by atoms with E-state index in [4.69, 9.17) is 0 Å². The van der Waals surface area contributed by atoms with Gasteiger partial charge in [-0.25, -0.2) is 0 Å². The third-order valence-corrected chi connectivity index (χ3v) is 8.75. The molecule has 0 radical (unpaired) electrons. The number of benzene rings is 3. The van der Waals surface area contributed by atoms with Crippen LogP contribution in [0.1, 0.15) is 121 Å². The molecule has 0 spiro atoms. The van der Waals surface area contributed by atoms with E-state index < -0.39 is 0 Å². The number of aromatic hydroxyl groups is 3. The Labute approximate surface area is 215 Å². The summed E-state index contributed by atoms with van der Waals surface area (Å²) in [4.78, 5) is 0. The van der Waals surface area contributed by atoms with E-state index in [1.807, 2.05) is 24.3 Å². The van der Waals surface area contributed by atoms with Crippen LogP contribution in [-0.4, -0.2) is 15.3 Å². The van der Waals surface area contributed by atoms with Crippen molar-refractivity contribution in [3.8, 4) is 17.2 Å². The van der Waals surface area contributed by atoms with E-state index in [1.54, 1.807) is 6.07 Å². The van der Waals surface area contributed by atoms with Crippen molar-refractivity contribution >= 4 is 0 Å². The minimum Gasteiger partial charge on any atom is -0.508 e. The van der Waals surface area contributed by atoms with Crippen LogP contribution in [0, 0.1) is 13.8 Å². The SMILES string of the molecule is Cc1cc(O)c(C2CCCCC2)cc1C(c1cccc(O)c1)c1cc(C2CCCCC2)c(O)cc1C. The Balaban J connectivity index is 1.68. The monoisotopic (exact) mass is 484 g/mol. The lowest BCUT2D eigenvalue weighted by molar-refractivity contribution is 0.413. The number of phenols is 3. The summed E-state index contributed by atoms with van der Waals surface area (Å²) in [5.74, 6) is 1.75. The Morgan fingerprint density at radius 3 is 1.53 bits per heavy atom. The van der Waals surface area contributed by atoms with Crippen molar-refractivity contribution in [3.05, 3.63) is 87.5 Å². The maximum absolute atomic E-state index is 11.0. The van der Waals surface area contributed by atoms with Crippen LogP contribution in [0.3, 0.4) is 0 Å². The fraction of sp³-hybridized carbons (Fsp3) is 0.455. The zero-order valence-corrected chi connectivity index (χ0v) is 21.8. The van der Waals surface area contributed by atoms with Crippen molar-refractivity contribution in [2.75, 3.05) is 0 Å². The van der Waals surface area contributed by atoms with Crippen LogP contribution >= 0.6 is 0 Å². The molecule has 0 atom stereocenters. The van der Waals surface area contributed by atoms with E-state index in [9.17, 15) is 15.3 Å². The summed E-state index contributed by atoms with van der Waals surface area (Å²) in [6.07, 6.45) is 11.9. The molecule has 2 aliphatic carbocycles. The second-order valence-electron chi connectivity index (χ2n) is 11.2. The number of phenolic OH excluding ortho intramolecular Hbond substituents is 3. The van der Waals surface area contributed by atoms with Crippen molar-refractivity contribution in [2.24, 2.45) is 0 Å². The number of aryl methyl sites for hydroxylation is 2. The molecule has 0 unspecified atom stereocenters. The first-order chi connectivity index (χ1) is 17.4. The van der Waals surface area contributed by atoms with Gasteiger partial charge in [0.05, 0.1) is 0 Å². The molecule has 2 fully saturated rings. The van der Waals surface area contributed by atoms with E-state index >= 15 is 0 Å². The van der Waals surface area contributed by atoms with Crippen LogP contribution in [0.5, 0.6) is 17.2 Å². The standard InChI is InChI=1S/C33H40O3/c1-21-16-31(35)29(23-10-5-3-6-11-23)19-27(21)33(25-14-9-15-26(34)18-25)28-20-30(32(36)17-22(28)2)24-12-7-4-8-13-24/h9,14-20,23-24,33-36H,3-8,10-13H2,1-2H3. The van der Waals surface area contributed by atoms with E-state index in [1.165, 1.54) is 49.7 Å². The van der Waals surface area contributed by atoms with Crippen molar-refractivity contribution in [1.82, 2.24) is 0 Å². The average Bonchev–Trinajstić information content (AvgIpc) is 2.88. The van der Waals surface area contributed by atoms with E-state index in [0.717, 1.165) is 53.5 Å². The molecule has 3 N–H and O–H groups in total. The van der Waals surface area contributed by atoms with Crippen LogP contribution in [0.4, 0.5) is 0 Å². The molecule has 2 saturated carbocycles. The molecule has 5 rings (SSSR count). The highest BCUT2D eigenvalue weighted by atomic mass is 16.3. The van der Waals surface area contributed by atoms with Gasteiger partial charge in [-0.15, -0.1) is 0 Å². The van der Waals surface area contributed by atoms with Gasteiger partial charge < -0.3 is 15.3 Å². The first-order valence-corrected chi connectivity index (χ1v) is 13.9. The first kappa shape index (κ1) is 24.7. The van der Waals surface area contributed by atoms with Gasteiger partial charge in [0.2, 0.25) is 0 Å². The van der Waals surface area contributed by atoms with Gasteiger partial charge in [-0.05, 0) is 115 Å². The molecule has 0 aliphatic heterocycles. The first-order valence-electron chi connectivity index (χ1n) is 13.9. The van der Waals surface area contributed by atoms with Gasteiger partial charge in [-0.1, -0.05) is 62.8 Å². The normalized spacial score (nSPS) is 17.5. The second kappa shape index (κ2) is 10.6. The summed E-state index contributed by atoms with van der Waals surface area (Å²) in [6.45, 7) is 4.15. The molecule has 0 saturated heterocycles. The van der Waals surface area contributed by atoms with Gasteiger partial charge in [0.15, 0.2) is 0 Å². The largest absolute Gasteiger partial charge is 0.508 e. The van der Waals surface area contributed by atoms with Gasteiger partial charge in [0.1, 0.15) is 17.2 Å². The molecule has 3 nitrogen and oxygen atoms in total. The molecule has 3 heteroatoms. The predicted octanol–water partition coefficient (Wildman–Crippen LogP) is 8.70. The van der Waals surface area contributed by atoms with E-state index in [-0.39, 0.29) is 11.7 Å². The predicted molar refractivity (Wildman–Crippen MR) is 146 cm³/mol. The van der Waals surface area contributed by atoms with E-state index in [2.05, 4.69) is 32.0 Å². The zero-order chi connectivity index (χ0) is 25.2. The number of rotatable bonds is 5. The molecule has 0 amide bonds. The molecule has 0 heterocycles. The lowest BCUT2D eigenvalue weighted by atomic mass is 9.76. The van der Waals surface area contributed by atoms with Gasteiger partial charge in [-0.2, -0.15) is 0 Å². The summed E-state index contributed by atoms with van der Waals surface area (Å²) in [6, 6.07) is 15.9. The quantitative estimate of drug-likeness (QED) is 0.317. The summed E-state index contributed by atoms with van der Waals surface area (Å²) in [7, 11) is 0. The zero-order valence-electron chi connectivity index (χ0n) is 21.8. The molecule has 0 bridgehead atoms. The van der Waals surface area contributed by atoms with Crippen molar-refractivity contribution in [2.45, 2.75) is 95.8 Å². The molecule has 0 aromatic heterocycles. The van der Waals surface area contributed by atoms with Crippen LogP contribution in [0.25, 0.3) is 0 Å². The smallest absolute Gasteiger partial charge is 0.119 e. The minimum atomic E-state index is -0.0945. The second-order valence-corrected chi connectivity index (χ2v) is 11.2. The molecular formula is C33H40O3. The Morgan fingerprint density at radius 2 is 1.08 bits per heavy atom. The lowest BCUT2D eigenvalue weighted by Crippen LogP contribution is -2.12. The highest BCUT2D eigenvalue weighted by Gasteiger charge is 2.28. The average molecular weight is 485 g/mol. The highest BCUT2D eigenvalue weighted by Crippen LogP contribution is 2.45. The third-order valence-electron chi connectivity index (χ3n) is 8.75. The summed E-state index contributed by atoms with van der Waals surface area (Å²) < 4.78 is 0.